The number of rotatable bonds is 5. The summed E-state index contributed by atoms with van der Waals surface area (Å²) in [5, 5.41) is 7.79. The van der Waals surface area contributed by atoms with E-state index in [-0.39, 0.29) is 17.9 Å². The van der Waals surface area contributed by atoms with Crippen LogP contribution in [0.25, 0.3) is 0 Å². The van der Waals surface area contributed by atoms with E-state index in [0.717, 1.165) is 12.1 Å². The van der Waals surface area contributed by atoms with Crippen LogP contribution in [0.4, 0.5) is 9.93 Å². The number of urea groups is 1. The second-order valence-electron chi connectivity index (χ2n) is 4.32. The summed E-state index contributed by atoms with van der Waals surface area (Å²) in [5.74, 6) is -0.328. The lowest BCUT2D eigenvalue weighted by Gasteiger charge is -2.20. The Kier molecular flexibility index (Phi) is 5.75. The van der Waals surface area contributed by atoms with Crippen LogP contribution in [-0.4, -0.2) is 42.5 Å². The van der Waals surface area contributed by atoms with Gasteiger partial charge in [0.15, 0.2) is 5.13 Å². The summed E-state index contributed by atoms with van der Waals surface area (Å²) in [6.07, 6.45) is 0.843. The molecule has 6 nitrogen and oxygen atoms in total. The Labute approximate surface area is 117 Å². The van der Waals surface area contributed by atoms with Gasteiger partial charge in [-0.3, -0.25) is 10.1 Å². The van der Waals surface area contributed by atoms with E-state index in [4.69, 9.17) is 0 Å². The predicted molar refractivity (Wildman–Crippen MR) is 76.4 cm³/mol. The molecule has 1 rings (SSSR count). The summed E-state index contributed by atoms with van der Waals surface area (Å²) in [6, 6.07) is -0.257. The van der Waals surface area contributed by atoms with Crippen molar-refractivity contribution < 1.29 is 9.59 Å². The number of carbonyl (C=O) groups is 2. The molecule has 0 aliphatic rings. The SMILES string of the molecule is CCc1csc(NC(=O)N(C)C[C@@H](C)C(=O)NC)n1. The van der Waals surface area contributed by atoms with Crippen LogP contribution in [0.5, 0.6) is 0 Å². The van der Waals surface area contributed by atoms with Crippen molar-refractivity contribution >= 4 is 28.4 Å². The van der Waals surface area contributed by atoms with E-state index in [1.807, 2.05) is 12.3 Å². The van der Waals surface area contributed by atoms with E-state index in [2.05, 4.69) is 15.6 Å². The number of anilines is 1. The van der Waals surface area contributed by atoms with Crippen LogP contribution in [-0.2, 0) is 11.2 Å². The summed E-state index contributed by atoms with van der Waals surface area (Å²) in [7, 11) is 3.24. The van der Waals surface area contributed by atoms with Crippen molar-refractivity contribution in [2.75, 3.05) is 26.0 Å². The minimum absolute atomic E-state index is 0.0813. The van der Waals surface area contributed by atoms with Crippen molar-refractivity contribution in [1.29, 1.82) is 0 Å². The standard InChI is InChI=1S/C12H20N4O2S/c1-5-9-7-19-11(14-9)15-12(18)16(4)6-8(2)10(17)13-3/h7-8H,5-6H2,1-4H3,(H,13,17)(H,14,15,18)/t8-/m1/s1. The summed E-state index contributed by atoms with van der Waals surface area (Å²) in [6.45, 7) is 4.15. The Morgan fingerprint density at radius 3 is 2.74 bits per heavy atom. The van der Waals surface area contributed by atoms with Crippen molar-refractivity contribution in [3.63, 3.8) is 0 Å². The Hall–Kier alpha value is -1.63. The molecule has 7 heteroatoms. The maximum atomic E-state index is 11.9. The first kappa shape index (κ1) is 15.4. The Bertz CT molecular complexity index is 447. The highest BCUT2D eigenvalue weighted by molar-refractivity contribution is 7.13. The molecule has 1 atom stereocenters. The summed E-state index contributed by atoms with van der Waals surface area (Å²) >= 11 is 1.40. The van der Waals surface area contributed by atoms with E-state index in [9.17, 15) is 9.59 Å². The third-order valence-electron chi connectivity index (χ3n) is 2.72. The number of hydrogen-bond donors (Lipinski definition) is 2. The number of amides is 3. The molecule has 0 aromatic carbocycles. The lowest BCUT2D eigenvalue weighted by Crippen LogP contribution is -2.39. The van der Waals surface area contributed by atoms with Crippen molar-refractivity contribution in [2.24, 2.45) is 5.92 Å². The Balaban J connectivity index is 2.50. The highest BCUT2D eigenvalue weighted by Gasteiger charge is 2.17. The maximum Gasteiger partial charge on any atom is 0.323 e. The van der Waals surface area contributed by atoms with Gasteiger partial charge in [-0.2, -0.15) is 0 Å². The van der Waals surface area contributed by atoms with Gasteiger partial charge in [-0.25, -0.2) is 9.78 Å². The lowest BCUT2D eigenvalue weighted by molar-refractivity contribution is -0.124. The van der Waals surface area contributed by atoms with Gasteiger partial charge in [0.1, 0.15) is 0 Å². The average Bonchev–Trinajstić information content (AvgIpc) is 2.85. The molecule has 0 aliphatic carbocycles. The fraction of sp³-hybridized carbons (Fsp3) is 0.583. The van der Waals surface area contributed by atoms with Crippen LogP contribution < -0.4 is 10.6 Å². The van der Waals surface area contributed by atoms with E-state index in [0.29, 0.717) is 11.7 Å². The number of carbonyl (C=O) groups excluding carboxylic acids is 2. The van der Waals surface area contributed by atoms with E-state index in [1.54, 1.807) is 21.0 Å². The van der Waals surface area contributed by atoms with Gasteiger partial charge in [0.2, 0.25) is 5.91 Å². The van der Waals surface area contributed by atoms with Gasteiger partial charge in [-0.1, -0.05) is 13.8 Å². The van der Waals surface area contributed by atoms with Crippen LogP contribution in [0.15, 0.2) is 5.38 Å². The number of hydrogen-bond acceptors (Lipinski definition) is 4. The molecule has 0 bridgehead atoms. The molecule has 0 aliphatic heterocycles. The number of aromatic nitrogens is 1. The summed E-state index contributed by atoms with van der Waals surface area (Å²) in [4.78, 5) is 29.0. The monoisotopic (exact) mass is 284 g/mol. The van der Waals surface area contributed by atoms with E-state index >= 15 is 0 Å². The highest BCUT2D eigenvalue weighted by Crippen LogP contribution is 2.16. The average molecular weight is 284 g/mol. The molecule has 0 saturated heterocycles. The largest absolute Gasteiger partial charge is 0.359 e. The normalized spacial score (nSPS) is 11.8. The molecule has 1 aromatic rings. The lowest BCUT2D eigenvalue weighted by atomic mass is 10.1. The summed E-state index contributed by atoms with van der Waals surface area (Å²) < 4.78 is 0. The Morgan fingerprint density at radius 2 is 2.21 bits per heavy atom. The molecule has 19 heavy (non-hydrogen) atoms. The van der Waals surface area contributed by atoms with Gasteiger partial charge >= 0.3 is 6.03 Å². The van der Waals surface area contributed by atoms with Gasteiger partial charge in [-0.05, 0) is 6.42 Å². The fourth-order valence-corrected chi connectivity index (χ4v) is 2.32. The summed E-state index contributed by atoms with van der Waals surface area (Å²) in [5.41, 5.74) is 0.960. The molecular formula is C12H20N4O2S. The van der Waals surface area contributed by atoms with Crippen molar-refractivity contribution in [1.82, 2.24) is 15.2 Å². The van der Waals surface area contributed by atoms with Gasteiger partial charge in [0.05, 0.1) is 11.6 Å². The van der Waals surface area contributed by atoms with E-state index < -0.39 is 0 Å². The van der Waals surface area contributed by atoms with Gasteiger partial charge < -0.3 is 10.2 Å². The number of aryl methyl sites for hydroxylation is 1. The van der Waals surface area contributed by atoms with Gasteiger partial charge in [0, 0.05) is 26.0 Å². The third-order valence-corrected chi connectivity index (χ3v) is 3.52. The molecule has 106 valence electrons. The zero-order chi connectivity index (χ0) is 14.4. The second kappa shape index (κ2) is 7.08. The smallest absolute Gasteiger partial charge is 0.323 e. The highest BCUT2D eigenvalue weighted by atomic mass is 32.1. The van der Waals surface area contributed by atoms with Gasteiger partial charge in [0.25, 0.3) is 0 Å². The van der Waals surface area contributed by atoms with Crippen molar-refractivity contribution in [3.05, 3.63) is 11.1 Å². The molecule has 1 aromatic heterocycles. The predicted octanol–water partition coefficient (Wildman–Crippen LogP) is 1.55. The van der Waals surface area contributed by atoms with Crippen LogP contribution in [0.2, 0.25) is 0 Å². The molecule has 2 N–H and O–H groups in total. The number of nitrogens with one attached hydrogen (secondary N) is 2. The van der Waals surface area contributed by atoms with Crippen LogP contribution in [0.1, 0.15) is 19.5 Å². The first-order chi connectivity index (χ1) is 8.97. The minimum Gasteiger partial charge on any atom is -0.359 e. The third kappa shape index (κ3) is 4.51. The molecular weight excluding hydrogens is 264 g/mol. The second-order valence-corrected chi connectivity index (χ2v) is 5.18. The fourth-order valence-electron chi connectivity index (χ4n) is 1.54. The number of thiazole rings is 1. The Morgan fingerprint density at radius 1 is 1.53 bits per heavy atom. The van der Waals surface area contributed by atoms with Crippen LogP contribution >= 0.6 is 11.3 Å². The first-order valence-electron chi connectivity index (χ1n) is 6.16. The zero-order valence-electron chi connectivity index (χ0n) is 11.7. The molecule has 0 unspecified atom stereocenters. The maximum absolute atomic E-state index is 11.9. The van der Waals surface area contributed by atoms with Crippen LogP contribution in [0.3, 0.4) is 0 Å². The van der Waals surface area contributed by atoms with E-state index in [1.165, 1.54) is 16.2 Å². The van der Waals surface area contributed by atoms with Gasteiger partial charge in [-0.15, -0.1) is 11.3 Å². The molecule has 1 heterocycles. The first-order valence-corrected chi connectivity index (χ1v) is 7.04. The van der Waals surface area contributed by atoms with Crippen LogP contribution in [0, 0.1) is 5.92 Å². The molecule has 0 saturated carbocycles. The van der Waals surface area contributed by atoms with Crippen molar-refractivity contribution in [2.45, 2.75) is 20.3 Å². The number of nitrogens with zero attached hydrogens (tertiary/aromatic N) is 2. The molecule has 0 fully saturated rings. The molecule has 0 radical (unpaired) electrons. The topological polar surface area (TPSA) is 74.3 Å². The van der Waals surface area contributed by atoms with Crippen molar-refractivity contribution in [3.8, 4) is 0 Å². The quantitative estimate of drug-likeness (QED) is 0.861. The minimum atomic E-state index is -0.257. The molecule has 0 spiro atoms. The zero-order valence-corrected chi connectivity index (χ0v) is 12.5. The molecule has 3 amide bonds.